The Morgan fingerprint density at radius 2 is 1.89 bits per heavy atom. The minimum absolute atomic E-state index is 0. The summed E-state index contributed by atoms with van der Waals surface area (Å²) in [6, 6.07) is 8.61. The highest BCUT2D eigenvalue weighted by atomic mass is 35.5. The molecule has 2 aromatic rings. The van der Waals surface area contributed by atoms with Gasteiger partial charge in [-0.25, -0.2) is 4.98 Å². The van der Waals surface area contributed by atoms with Crippen molar-refractivity contribution in [2.75, 3.05) is 18.0 Å². The highest BCUT2D eigenvalue weighted by Gasteiger charge is 2.20. The molecule has 3 rings (SSSR count). The molecule has 0 saturated heterocycles. The van der Waals surface area contributed by atoms with Crippen molar-refractivity contribution in [3.05, 3.63) is 35.2 Å². The molecule has 4 nitrogen and oxygen atoms in total. The second-order valence-corrected chi connectivity index (χ2v) is 8.72. The van der Waals surface area contributed by atoms with Crippen LogP contribution in [-0.4, -0.2) is 29.1 Å². The molecular formula is C22H31ClN2O2S. The van der Waals surface area contributed by atoms with Crippen LogP contribution in [0.1, 0.15) is 63.9 Å². The lowest BCUT2D eigenvalue weighted by molar-refractivity contribution is -0.136. The van der Waals surface area contributed by atoms with Gasteiger partial charge in [-0.15, -0.1) is 23.7 Å². The van der Waals surface area contributed by atoms with E-state index >= 15 is 0 Å². The average molecular weight is 423 g/mol. The van der Waals surface area contributed by atoms with Crippen LogP contribution in [0.4, 0.5) is 5.13 Å². The summed E-state index contributed by atoms with van der Waals surface area (Å²) in [7, 11) is 0. The molecule has 1 aliphatic rings. The van der Waals surface area contributed by atoms with Crippen LogP contribution in [-0.2, 0) is 4.79 Å². The number of carboxylic acids is 1. The Labute approximate surface area is 178 Å². The van der Waals surface area contributed by atoms with Crippen molar-refractivity contribution in [1.29, 1.82) is 0 Å². The Morgan fingerprint density at radius 3 is 2.50 bits per heavy atom. The van der Waals surface area contributed by atoms with E-state index in [1.165, 1.54) is 37.7 Å². The van der Waals surface area contributed by atoms with Gasteiger partial charge in [-0.05, 0) is 30.2 Å². The van der Waals surface area contributed by atoms with Crippen LogP contribution >= 0.6 is 23.7 Å². The monoisotopic (exact) mass is 422 g/mol. The average Bonchev–Trinajstić information content (AvgIpc) is 3.16. The maximum absolute atomic E-state index is 11.1. The van der Waals surface area contributed by atoms with Gasteiger partial charge in [0, 0.05) is 24.0 Å². The summed E-state index contributed by atoms with van der Waals surface area (Å²) in [5, 5.41) is 12.2. The number of hydrogen-bond donors (Lipinski definition) is 1. The van der Waals surface area contributed by atoms with Gasteiger partial charge in [0.2, 0.25) is 0 Å². The molecule has 0 aliphatic heterocycles. The third-order valence-corrected chi connectivity index (χ3v) is 6.34. The minimum atomic E-state index is -0.746. The van der Waals surface area contributed by atoms with E-state index in [4.69, 9.17) is 10.1 Å². The van der Waals surface area contributed by atoms with Gasteiger partial charge in [0.25, 0.3) is 0 Å². The van der Waals surface area contributed by atoms with Crippen molar-refractivity contribution in [3.63, 3.8) is 0 Å². The standard InChI is InChI=1S/C22H30N2O2S.ClH/c1-16(2)18-8-10-19(11-9-18)20-15-27-22(23-20)24(13-12-21(25)26)14-17-6-4-3-5-7-17;/h8-11,15-17H,3-7,12-14H2,1-2H3,(H,25,26);1H. The quantitative estimate of drug-likeness (QED) is 0.548. The lowest BCUT2D eigenvalue weighted by atomic mass is 9.89. The first-order chi connectivity index (χ1) is 13.0. The second kappa shape index (κ2) is 10.8. The molecule has 1 saturated carbocycles. The maximum atomic E-state index is 11.1. The zero-order valence-corrected chi connectivity index (χ0v) is 18.4. The predicted molar refractivity (Wildman–Crippen MR) is 120 cm³/mol. The van der Waals surface area contributed by atoms with Gasteiger partial charge >= 0.3 is 5.97 Å². The van der Waals surface area contributed by atoms with E-state index in [0.29, 0.717) is 18.4 Å². The van der Waals surface area contributed by atoms with Crippen LogP contribution in [0, 0.1) is 5.92 Å². The van der Waals surface area contributed by atoms with Crippen LogP contribution in [0.2, 0.25) is 0 Å². The van der Waals surface area contributed by atoms with Crippen molar-refractivity contribution in [2.24, 2.45) is 5.92 Å². The number of nitrogens with zero attached hydrogens (tertiary/aromatic N) is 2. The highest BCUT2D eigenvalue weighted by molar-refractivity contribution is 7.14. The molecule has 0 bridgehead atoms. The Bertz CT molecular complexity index is 739. The number of carbonyl (C=O) groups is 1. The summed E-state index contributed by atoms with van der Waals surface area (Å²) >= 11 is 1.63. The number of hydrogen-bond acceptors (Lipinski definition) is 4. The summed E-state index contributed by atoms with van der Waals surface area (Å²) in [5.74, 6) is 0.432. The highest BCUT2D eigenvalue weighted by Crippen LogP contribution is 2.31. The third kappa shape index (κ3) is 6.21. The van der Waals surface area contributed by atoms with E-state index in [9.17, 15) is 4.79 Å². The lowest BCUT2D eigenvalue weighted by Gasteiger charge is -2.29. The van der Waals surface area contributed by atoms with Crippen LogP contribution in [0.25, 0.3) is 11.3 Å². The molecule has 1 aromatic carbocycles. The summed E-state index contributed by atoms with van der Waals surface area (Å²) in [6.07, 6.45) is 6.58. The number of aliphatic carboxylic acids is 1. The Hall–Kier alpha value is -1.59. The zero-order valence-electron chi connectivity index (χ0n) is 16.8. The number of benzene rings is 1. The molecule has 0 unspecified atom stereocenters. The van der Waals surface area contributed by atoms with Gasteiger partial charge in [0.1, 0.15) is 0 Å². The summed E-state index contributed by atoms with van der Waals surface area (Å²) in [4.78, 5) is 18.1. The van der Waals surface area contributed by atoms with Gasteiger partial charge in [0.15, 0.2) is 5.13 Å². The molecule has 0 radical (unpaired) electrons. The third-order valence-electron chi connectivity index (χ3n) is 5.43. The maximum Gasteiger partial charge on any atom is 0.305 e. The van der Waals surface area contributed by atoms with Gasteiger partial charge in [-0.1, -0.05) is 57.4 Å². The molecule has 28 heavy (non-hydrogen) atoms. The number of halogens is 1. The fourth-order valence-electron chi connectivity index (χ4n) is 3.76. The molecule has 0 atom stereocenters. The molecule has 1 fully saturated rings. The van der Waals surface area contributed by atoms with Gasteiger partial charge in [-0.3, -0.25) is 4.79 Å². The predicted octanol–water partition coefficient (Wildman–Crippen LogP) is 6.22. The van der Waals surface area contributed by atoms with Gasteiger partial charge in [0.05, 0.1) is 12.1 Å². The van der Waals surface area contributed by atoms with E-state index in [0.717, 1.165) is 22.9 Å². The van der Waals surface area contributed by atoms with Crippen molar-refractivity contribution in [1.82, 2.24) is 4.98 Å². The molecule has 1 aromatic heterocycles. The number of carboxylic acid groups (broad SMARTS) is 1. The van der Waals surface area contributed by atoms with E-state index in [1.807, 2.05) is 0 Å². The summed E-state index contributed by atoms with van der Waals surface area (Å²) < 4.78 is 0. The van der Waals surface area contributed by atoms with Crippen molar-refractivity contribution < 1.29 is 9.90 Å². The molecule has 1 N–H and O–H groups in total. The lowest BCUT2D eigenvalue weighted by Crippen LogP contribution is -2.32. The first kappa shape index (κ1) is 22.7. The molecule has 0 amide bonds. The molecule has 0 spiro atoms. The van der Waals surface area contributed by atoms with Crippen molar-refractivity contribution in [2.45, 2.75) is 58.3 Å². The first-order valence-electron chi connectivity index (χ1n) is 10.1. The fraction of sp³-hybridized carbons (Fsp3) is 0.545. The van der Waals surface area contributed by atoms with E-state index < -0.39 is 5.97 Å². The van der Waals surface area contributed by atoms with E-state index in [2.05, 4.69) is 48.4 Å². The van der Waals surface area contributed by atoms with Crippen LogP contribution in [0.3, 0.4) is 0 Å². The molecule has 1 aliphatic carbocycles. The topological polar surface area (TPSA) is 53.4 Å². The van der Waals surface area contributed by atoms with Crippen LogP contribution in [0.5, 0.6) is 0 Å². The normalized spacial score (nSPS) is 14.7. The first-order valence-corrected chi connectivity index (χ1v) is 10.9. The van der Waals surface area contributed by atoms with Crippen LogP contribution < -0.4 is 4.90 Å². The molecule has 1 heterocycles. The summed E-state index contributed by atoms with van der Waals surface area (Å²) in [5.41, 5.74) is 3.43. The number of anilines is 1. The van der Waals surface area contributed by atoms with E-state index in [-0.39, 0.29) is 18.8 Å². The number of thiazole rings is 1. The Kier molecular flexibility index (Phi) is 8.77. The second-order valence-electron chi connectivity index (χ2n) is 7.89. The number of rotatable bonds is 8. The fourth-order valence-corrected chi connectivity index (χ4v) is 4.63. The molecular weight excluding hydrogens is 392 g/mol. The zero-order chi connectivity index (χ0) is 19.2. The van der Waals surface area contributed by atoms with Crippen molar-refractivity contribution in [3.8, 4) is 11.3 Å². The largest absolute Gasteiger partial charge is 0.481 e. The smallest absolute Gasteiger partial charge is 0.305 e. The Morgan fingerprint density at radius 1 is 1.21 bits per heavy atom. The minimum Gasteiger partial charge on any atom is -0.481 e. The van der Waals surface area contributed by atoms with Crippen LogP contribution in [0.15, 0.2) is 29.6 Å². The van der Waals surface area contributed by atoms with Crippen molar-refractivity contribution >= 4 is 34.8 Å². The Balaban J connectivity index is 0.00000280. The number of aromatic nitrogens is 1. The van der Waals surface area contributed by atoms with E-state index in [1.54, 1.807) is 11.3 Å². The summed E-state index contributed by atoms with van der Waals surface area (Å²) in [6.45, 7) is 5.85. The van der Waals surface area contributed by atoms with Gasteiger partial charge in [-0.2, -0.15) is 0 Å². The molecule has 154 valence electrons. The molecule has 6 heteroatoms. The SMILES string of the molecule is CC(C)c1ccc(-c2csc(N(CCC(=O)O)CC3CCCCC3)n2)cc1.Cl. The van der Waals surface area contributed by atoms with Gasteiger partial charge < -0.3 is 10.0 Å².